The van der Waals surface area contributed by atoms with E-state index in [9.17, 15) is 4.79 Å². The SMILES string of the molecule is CCCNc1cc(C(=O)NCC2CCOC2)c(Cl)cn1. The van der Waals surface area contributed by atoms with Gasteiger partial charge in [-0.05, 0) is 18.9 Å². The molecular weight excluding hydrogens is 278 g/mol. The van der Waals surface area contributed by atoms with Crippen LogP contribution in [0.2, 0.25) is 5.02 Å². The Labute approximate surface area is 124 Å². The van der Waals surface area contributed by atoms with Crippen LogP contribution in [0.15, 0.2) is 12.3 Å². The molecule has 2 heterocycles. The predicted molar refractivity (Wildman–Crippen MR) is 79.3 cm³/mol. The number of hydrogen-bond acceptors (Lipinski definition) is 4. The molecule has 1 aliphatic heterocycles. The number of pyridine rings is 1. The maximum atomic E-state index is 12.2. The van der Waals surface area contributed by atoms with E-state index in [4.69, 9.17) is 16.3 Å². The van der Waals surface area contributed by atoms with Crippen molar-refractivity contribution in [2.75, 3.05) is 31.6 Å². The summed E-state index contributed by atoms with van der Waals surface area (Å²) in [6.45, 7) is 5.00. The molecule has 110 valence electrons. The number of nitrogens with zero attached hydrogens (tertiary/aromatic N) is 1. The van der Waals surface area contributed by atoms with Gasteiger partial charge in [0.2, 0.25) is 0 Å². The molecule has 0 aromatic carbocycles. The molecule has 1 atom stereocenters. The Morgan fingerprint density at radius 2 is 2.45 bits per heavy atom. The highest BCUT2D eigenvalue weighted by atomic mass is 35.5. The fraction of sp³-hybridized carbons (Fsp3) is 0.571. The molecule has 1 amide bonds. The van der Waals surface area contributed by atoms with E-state index in [2.05, 4.69) is 22.5 Å². The lowest BCUT2D eigenvalue weighted by molar-refractivity contribution is 0.0945. The molecule has 6 heteroatoms. The number of carbonyl (C=O) groups is 1. The molecule has 1 aliphatic rings. The molecule has 20 heavy (non-hydrogen) atoms. The van der Waals surface area contributed by atoms with Gasteiger partial charge in [-0.1, -0.05) is 18.5 Å². The van der Waals surface area contributed by atoms with E-state index in [1.165, 1.54) is 6.20 Å². The quantitative estimate of drug-likeness (QED) is 0.846. The van der Waals surface area contributed by atoms with Gasteiger partial charge in [-0.3, -0.25) is 4.79 Å². The molecule has 1 unspecified atom stereocenters. The van der Waals surface area contributed by atoms with Gasteiger partial charge in [0.15, 0.2) is 0 Å². The molecule has 1 saturated heterocycles. The Morgan fingerprint density at radius 3 is 3.15 bits per heavy atom. The standard InChI is InChI=1S/C14H20ClN3O2/c1-2-4-16-13-6-11(12(15)8-17-13)14(19)18-7-10-3-5-20-9-10/h6,8,10H,2-5,7,9H2,1H3,(H,16,17)(H,18,19). The van der Waals surface area contributed by atoms with Gasteiger partial charge in [-0.15, -0.1) is 0 Å². The molecule has 2 N–H and O–H groups in total. The Hall–Kier alpha value is -1.33. The van der Waals surface area contributed by atoms with Gasteiger partial charge in [-0.25, -0.2) is 4.98 Å². The van der Waals surface area contributed by atoms with E-state index in [0.29, 0.717) is 35.5 Å². The van der Waals surface area contributed by atoms with Crippen molar-refractivity contribution in [2.45, 2.75) is 19.8 Å². The third-order valence-corrected chi connectivity index (χ3v) is 3.53. The predicted octanol–water partition coefficient (Wildman–Crippen LogP) is 2.32. The summed E-state index contributed by atoms with van der Waals surface area (Å²) in [6.07, 6.45) is 3.49. The summed E-state index contributed by atoms with van der Waals surface area (Å²) in [6, 6.07) is 1.69. The summed E-state index contributed by atoms with van der Waals surface area (Å²) in [5.41, 5.74) is 0.458. The summed E-state index contributed by atoms with van der Waals surface area (Å²) >= 11 is 6.04. The van der Waals surface area contributed by atoms with Gasteiger partial charge in [0.1, 0.15) is 5.82 Å². The van der Waals surface area contributed by atoms with Crippen LogP contribution in [0.3, 0.4) is 0 Å². The van der Waals surface area contributed by atoms with Crippen molar-refractivity contribution < 1.29 is 9.53 Å². The number of hydrogen-bond donors (Lipinski definition) is 2. The molecule has 1 aromatic rings. The molecular formula is C14H20ClN3O2. The smallest absolute Gasteiger partial charge is 0.253 e. The van der Waals surface area contributed by atoms with Crippen LogP contribution in [-0.2, 0) is 4.74 Å². The molecule has 0 radical (unpaired) electrons. The highest BCUT2D eigenvalue weighted by molar-refractivity contribution is 6.33. The first-order valence-electron chi connectivity index (χ1n) is 6.96. The van der Waals surface area contributed by atoms with E-state index >= 15 is 0 Å². The van der Waals surface area contributed by atoms with E-state index in [1.54, 1.807) is 6.07 Å². The lowest BCUT2D eigenvalue weighted by atomic mass is 10.1. The van der Waals surface area contributed by atoms with Crippen molar-refractivity contribution in [3.63, 3.8) is 0 Å². The van der Waals surface area contributed by atoms with Crippen LogP contribution in [0.5, 0.6) is 0 Å². The summed E-state index contributed by atoms with van der Waals surface area (Å²) in [7, 11) is 0. The van der Waals surface area contributed by atoms with E-state index in [-0.39, 0.29) is 5.91 Å². The second kappa shape index (κ2) is 7.45. The lowest BCUT2D eigenvalue weighted by Gasteiger charge is -2.11. The normalized spacial score (nSPS) is 18.0. The molecule has 0 aliphatic carbocycles. The number of carbonyl (C=O) groups excluding carboxylic acids is 1. The van der Waals surface area contributed by atoms with Gasteiger partial charge in [0, 0.05) is 31.8 Å². The maximum Gasteiger partial charge on any atom is 0.253 e. The van der Waals surface area contributed by atoms with Crippen LogP contribution in [0.1, 0.15) is 30.1 Å². The molecule has 0 spiro atoms. The minimum absolute atomic E-state index is 0.163. The molecule has 2 rings (SSSR count). The third-order valence-electron chi connectivity index (χ3n) is 3.23. The average molecular weight is 298 g/mol. The highest BCUT2D eigenvalue weighted by Gasteiger charge is 2.18. The Bertz CT molecular complexity index is 462. The van der Waals surface area contributed by atoms with Crippen molar-refractivity contribution in [2.24, 2.45) is 5.92 Å². The van der Waals surface area contributed by atoms with E-state index < -0.39 is 0 Å². The zero-order valence-corrected chi connectivity index (χ0v) is 12.4. The largest absolute Gasteiger partial charge is 0.381 e. The number of nitrogens with one attached hydrogen (secondary N) is 2. The Kier molecular flexibility index (Phi) is 5.61. The molecule has 1 fully saturated rings. The van der Waals surface area contributed by atoms with Crippen LogP contribution in [-0.4, -0.2) is 37.2 Å². The fourth-order valence-corrected chi connectivity index (χ4v) is 2.23. The minimum atomic E-state index is -0.163. The van der Waals surface area contributed by atoms with Crippen LogP contribution < -0.4 is 10.6 Å². The third kappa shape index (κ3) is 4.08. The first-order chi connectivity index (χ1) is 9.70. The summed E-state index contributed by atoms with van der Waals surface area (Å²) < 4.78 is 5.28. The first kappa shape index (κ1) is 15.1. The maximum absolute atomic E-state index is 12.2. The van der Waals surface area contributed by atoms with Gasteiger partial charge in [-0.2, -0.15) is 0 Å². The van der Waals surface area contributed by atoms with Crippen LogP contribution >= 0.6 is 11.6 Å². The molecule has 0 bridgehead atoms. The molecule has 5 nitrogen and oxygen atoms in total. The summed E-state index contributed by atoms with van der Waals surface area (Å²) in [5, 5.41) is 6.42. The number of halogens is 1. The number of rotatable bonds is 6. The van der Waals surface area contributed by atoms with Crippen LogP contribution in [0, 0.1) is 5.92 Å². The van der Waals surface area contributed by atoms with E-state index in [0.717, 1.165) is 26.0 Å². The average Bonchev–Trinajstić information content (AvgIpc) is 2.97. The highest BCUT2D eigenvalue weighted by Crippen LogP contribution is 2.18. The van der Waals surface area contributed by atoms with Crippen molar-refractivity contribution in [1.82, 2.24) is 10.3 Å². The zero-order valence-electron chi connectivity index (χ0n) is 11.6. The number of amides is 1. The van der Waals surface area contributed by atoms with Crippen molar-refractivity contribution in [3.8, 4) is 0 Å². The van der Waals surface area contributed by atoms with Crippen molar-refractivity contribution >= 4 is 23.3 Å². The minimum Gasteiger partial charge on any atom is -0.381 e. The van der Waals surface area contributed by atoms with Gasteiger partial charge in [0.25, 0.3) is 5.91 Å². The molecule has 0 saturated carbocycles. The second-order valence-corrected chi connectivity index (χ2v) is 5.32. The fourth-order valence-electron chi connectivity index (χ4n) is 2.04. The number of ether oxygens (including phenoxy) is 1. The zero-order chi connectivity index (χ0) is 14.4. The van der Waals surface area contributed by atoms with Crippen molar-refractivity contribution in [1.29, 1.82) is 0 Å². The van der Waals surface area contributed by atoms with Crippen LogP contribution in [0.25, 0.3) is 0 Å². The second-order valence-electron chi connectivity index (χ2n) is 4.92. The van der Waals surface area contributed by atoms with Crippen LogP contribution in [0.4, 0.5) is 5.82 Å². The summed E-state index contributed by atoms with van der Waals surface area (Å²) in [5.74, 6) is 0.909. The topological polar surface area (TPSA) is 63.2 Å². The summed E-state index contributed by atoms with van der Waals surface area (Å²) in [4.78, 5) is 16.3. The Balaban J connectivity index is 1.96. The number of aromatic nitrogens is 1. The Morgan fingerprint density at radius 1 is 1.60 bits per heavy atom. The molecule has 1 aromatic heterocycles. The first-order valence-corrected chi connectivity index (χ1v) is 7.34. The monoisotopic (exact) mass is 297 g/mol. The lowest BCUT2D eigenvalue weighted by Crippen LogP contribution is -2.29. The van der Waals surface area contributed by atoms with Gasteiger partial charge in [0.05, 0.1) is 17.2 Å². The van der Waals surface area contributed by atoms with Crippen molar-refractivity contribution in [3.05, 3.63) is 22.8 Å². The number of anilines is 1. The van der Waals surface area contributed by atoms with Gasteiger partial charge < -0.3 is 15.4 Å². The van der Waals surface area contributed by atoms with Gasteiger partial charge >= 0.3 is 0 Å². The van der Waals surface area contributed by atoms with E-state index in [1.807, 2.05) is 0 Å².